The predicted molar refractivity (Wildman–Crippen MR) is 101 cm³/mol. The van der Waals surface area contributed by atoms with Crippen molar-refractivity contribution in [2.24, 2.45) is 0 Å². The molecule has 1 N–H and O–H groups in total. The third-order valence-corrected chi connectivity index (χ3v) is 6.46. The van der Waals surface area contributed by atoms with E-state index >= 15 is 0 Å². The molecule has 1 amide bonds. The molecule has 6 heteroatoms. The quantitative estimate of drug-likeness (QED) is 0.881. The molecule has 1 spiro atoms. The molecule has 3 heterocycles. The van der Waals surface area contributed by atoms with Crippen LogP contribution in [0.15, 0.2) is 18.3 Å². The maximum Gasteiger partial charge on any atom is 0.409 e. The average Bonchev–Trinajstić information content (AvgIpc) is 2.86. The van der Waals surface area contributed by atoms with Crippen LogP contribution in [-0.4, -0.2) is 66.2 Å². The molecule has 142 valence electrons. The minimum absolute atomic E-state index is 0.155. The Hall–Kier alpha value is -1.82. The number of fused-ring (bicyclic) bond motifs is 2. The standard InChI is InChI=1S/C20H30N4O2/c1-2-26-19(25)24-12-4-11-23(13-14-24)16-6-8-20(9-7-16)15-22-18-17(20)5-3-10-21-18/h3,5,10,16H,2,4,6-9,11-15H2,1H3,(H,21,22). The molecule has 4 rings (SSSR count). The van der Waals surface area contributed by atoms with E-state index in [2.05, 4.69) is 27.3 Å². The lowest BCUT2D eigenvalue weighted by atomic mass is 9.69. The van der Waals surface area contributed by atoms with Crippen LogP contribution in [0.3, 0.4) is 0 Å². The first-order valence-electron chi connectivity index (χ1n) is 10.1. The molecule has 26 heavy (non-hydrogen) atoms. The summed E-state index contributed by atoms with van der Waals surface area (Å²) in [6.45, 7) is 7.00. The van der Waals surface area contributed by atoms with Crippen molar-refractivity contribution in [2.45, 2.75) is 50.5 Å². The van der Waals surface area contributed by atoms with Gasteiger partial charge in [0.05, 0.1) is 6.61 Å². The van der Waals surface area contributed by atoms with Crippen molar-refractivity contribution in [3.63, 3.8) is 0 Å². The van der Waals surface area contributed by atoms with Crippen LogP contribution in [0.1, 0.15) is 44.6 Å². The van der Waals surface area contributed by atoms with Crippen molar-refractivity contribution in [3.8, 4) is 0 Å². The van der Waals surface area contributed by atoms with Crippen LogP contribution >= 0.6 is 0 Å². The molecule has 2 fully saturated rings. The first-order valence-corrected chi connectivity index (χ1v) is 10.1. The van der Waals surface area contributed by atoms with Gasteiger partial charge in [-0.1, -0.05) is 6.07 Å². The van der Waals surface area contributed by atoms with Crippen LogP contribution in [0.5, 0.6) is 0 Å². The van der Waals surface area contributed by atoms with Gasteiger partial charge in [0.25, 0.3) is 0 Å². The first kappa shape index (κ1) is 17.6. The van der Waals surface area contributed by atoms with E-state index in [1.54, 1.807) is 0 Å². The molecule has 1 aromatic rings. The van der Waals surface area contributed by atoms with Gasteiger partial charge in [-0.3, -0.25) is 4.90 Å². The number of anilines is 1. The number of hydrogen-bond acceptors (Lipinski definition) is 5. The average molecular weight is 358 g/mol. The van der Waals surface area contributed by atoms with Gasteiger partial charge >= 0.3 is 6.09 Å². The summed E-state index contributed by atoms with van der Waals surface area (Å²) in [6, 6.07) is 4.97. The number of hydrogen-bond donors (Lipinski definition) is 1. The molecule has 1 saturated heterocycles. The number of carbonyl (C=O) groups is 1. The fraction of sp³-hybridized carbons (Fsp3) is 0.700. The number of carbonyl (C=O) groups excluding carboxylic acids is 1. The minimum Gasteiger partial charge on any atom is -0.450 e. The maximum absolute atomic E-state index is 12.0. The van der Waals surface area contributed by atoms with Crippen LogP contribution < -0.4 is 5.32 Å². The van der Waals surface area contributed by atoms with E-state index in [-0.39, 0.29) is 11.5 Å². The molecular weight excluding hydrogens is 328 g/mol. The molecule has 1 saturated carbocycles. The second-order valence-electron chi connectivity index (χ2n) is 7.84. The maximum atomic E-state index is 12.0. The summed E-state index contributed by atoms with van der Waals surface area (Å²) >= 11 is 0. The Balaban J connectivity index is 1.35. The Morgan fingerprint density at radius 2 is 2.15 bits per heavy atom. The van der Waals surface area contributed by atoms with Gasteiger partial charge in [-0.05, 0) is 45.1 Å². The monoisotopic (exact) mass is 358 g/mol. The second kappa shape index (κ2) is 7.43. The zero-order valence-electron chi connectivity index (χ0n) is 15.7. The third-order valence-electron chi connectivity index (χ3n) is 6.46. The van der Waals surface area contributed by atoms with Crippen LogP contribution in [0.4, 0.5) is 10.6 Å². The highest BCUT2D eigenvalue weighted by atomic mass is 16.6. The lowest BCUT2D eigenvalue weighted by molar-refractivity contribution is 0.103. The number of nitrogens with zero attached hydrogens (tertiary/aromatic N) is 3. The van der Waals surface area contributed by atoms with Crippen molar-refractivity contribution >= 4 is 11.9 Å². The molecule has 1 aromatic heterocycles. The predicted octanol–water partition coefficient (Wildman–Crippen LogP) is 2.85. The summed E-state index contributed by atoms with van der Waals surface area (Å²) in [5.74, 6) is 1.09. The summed E-state index contributed by atoms with van der Waals surface area (Å²) in [5, 5.41) is 3.51. The molecular formula is C20H30N4O2. The summed E-state index contributed by atoms with van der Waals surface area (Å²) in [4.78, 5) is 21.0. The van der Waals surface area contributed by atoms with Gasteiger partial charge in [0.15, 0.2) is 0 Å². The van der Waals surface area contributed by atoms with E-state index in [1.807, 2.05) is 18.0 Å². The van der Waals surface area contributed by atoms with E-state index in [1.165, 1.54) is 31.2 Å². The van der Waals surface area contributed by atoms with Crippen molar-refractivity contribution in [1.82, 2.24) is 14.8 Å². The van der Waals surface area contributed by atoms with Gasteiger partial charge in [-0.2, -0.15) is 0 Å². The fourth-order valence-corrected chi connectivity index (χ4v) is 4.99. The van der Waals surface area contributed by atoms with Crippen molar-refractivity contribution in [1.29, 1.82) is 0 Å². The minimum atomic E-state index is -0.155. The molecule has 6 nitrogen and oxygen atoms in total. The lowest BCUT2D eigenvalue weighted by Gasteiger charge is -2.41. The lowest BCUT2D eigenvalue weighted by Crippen LogP contribution is -2.45. The van der Waals surface area contributed by atoms with E-state index in [0.29, 0.717) is 12.6 Å². The Kier molecular flexibility index (Phi) is 5.02. The fourth-order valence-electron chi connectivity index (χ4n) is 4.99. The topological polar surface area (TPSA) is 57.7 Å². The molecule has 1 aliphatic carbocycles. The number of nitrogens with one attached hydrogen (secondary N) is 1. The van der Waals surface area contributed by atoms with Gasteiger partial charge in [-0.15, -0.1) is 0 Å². The SMILES string of the molecule is CCOC(=O)N1CCCN(C2CCC3(CC2)CNc2ncccc23)CC1. The molecule has 2 aliphatic heterocycles. The van der Waals surface area contributed by atoms with Gasteiger partial charge in [0.1, 0.15) is 5.82 Å². The largest absolute Gasteiger partial charge is 0.450 e. The highest BCUT2D eigenvalue weighted by molar-refractivity contribution is 5.67. The molecule has 0 radical (unpaired) electrons. The highest BCUT2D eigenvalue weighted by Gasteiger charge is 2.43. The number of ether oxygens (including phenoxy) is 1. The van der Waals surface area contributed by atoms with Crippen LogP contribution in [0.2, 0.25) is 0 Å². The third kappa shape index (κ3) is 3.27. The number of rotatable bonds is 2. The Morgan fingerprint density at radius 3 is 2.96 bits per heavy atom. The Bertz CT molecular complexity index is 642. The van der Waals surface area contributed by atoms with E-state index in [9.17, 15) is 4.79 Å². The Morgan fingerprint density at radius 1 is 1.31 bits per heavy atom. The zero-order chi connectivity index (χ0) is 18.0. The summed E-state index contributed by atoms with van der Waals surface area (Å²) in [5.41, 5.74) is 1.70. The molecule has 0 aromatic carbocycles. The molecule has 0 unspecified atom stereocenters. The molecule has 0 atom stereocenters. The molecule has 3 aliphatic rings. The Labute approximate surface area is 155 Å². The number of aromatic nitrogens is 1. The van der Waals surface area contributed by atoms with Gasteiger partial charge in [-0.25, -0.2) is 9.78 Å². The van der Waals surface area contributed by atoms with Crippen molar-refractivity contribution in [3.05, 3.63) is 23.9 Å². The van der Waals surface area contributed by atoms with E-state index in [4.69, 9.17) is 4.74 Å². The van der Waals surface area contributed by atoms with Gasteiger partial charge in [0.2, 0.25) is 0 Å². The van der Waals surface area contributed by atoms with Crippen LogP contribution in [0.25, 0.3) is 0 Å². The second-order valence-corrected chi connectivity index (χ2v) is 7.84. The smallest absolute Gasteiger partial charge is 0.409 e. The normalized spacial score (nSPS) is 29.1. The number of pyridine rings is 1. The molecule has 0 bridgehead atoms. The van der Waals surface area contributed by atoms with Gasteiger partial charge < -0.3 is 15.0 Å². The highest BCUT2D eigenvalue weighted by Crippen LogP contribution is 2.46. The van der Waals surface area contributed by atoms with Gasteiger partial charge in [0, 0.05) is 55.9 Å². The number of amides is 1. The summed E-state index contributed by atoms with van der Waals surface area (Å²) in [7, 11) is 0. The summed E-state index contributed by atoms with van der Waals surface area (Å²) in [6.07, 6.45) is 7.67. The van der Waals surface area contributed by atoms with Crippen LogP contribution in [-0.2, 0) is 10.2 Å². The van der Waals surface area contributed by atoms with Crippen molar-refractivity contribution < 1.29 is 9.53 Å². The zero-order valence-corrected chi connectivity index (χ0v) is 15.7. The summed E-state index contributed by atoms with van der Waals surface area (Å²) < 4.78 is 5.17. The van der Waals surface area contributed by atoms with Crippen LogP contribution in [0, 0.1) is 0 Å². The van der Waals surface area contributed by atoms with Crippen molar-refractivity contribution in [2.75, 3.05) is 44.6 Å². The van der Waals surface area contributed by atoms with E-state index < -0.39 is 0 Å². The van der Waals surface area contributed by atoms with E-state index in [0.717, 1.165) is 45.0 Å². The first-order chi connectivity index (χ1) is 12.7.